The van der Waals surface area contributed by atoms with Gasteiger partial charge in [0.15, 0.2) is 5.11 Å². The minimum Gasteiger partial charge on any atom is -0.375 e. The molecule has 1 aromatic rings. The van der Waals surface area contributed by atoms with Crippen molar-refractivity contribution in [3.63, 3.8) is 0 Å². The summed E-state index contributed by atoms with van der Waals surface area (Å²) in [5.74, 6) is 0.554. The molecule has 17 heavy (non-hydrogen) atoms. The second-order valence-electron chi connectivity index (χ2n) is 4.57. The molecule has 1 aliphatic carbocycles. The van der Waals surface area contributed by atoms with Crippen molar-refractivity contribution in [1.82, 2.24) is 5.43 Å². The number of nitrogens with one attached hydrogen (secondary N) is 1. The van der Waals surface area contributed by atoms with Crippen LogP contribution in [0.2, 0.25) is 0 Å². The lowest BCUT2D eigenvalue weighted by Crippen LogP contribution is -2.26. The number of nitrogens with two attached hydrogens (primary N) is 1. The maximum atomic E-state index is 5.41. The molecule has 0 aliphatic heterocycles. The number of rotatable bonds is 3. The molecule has 0 saturated heterocycles. The Morgan fingerprint density at radius 3 is 2.65 bits per heavy atom. The summed E-state index contributed by atoms with van der Waals surface area (Å²) in [5, 5.41) is 4.56. The van der Waals surface area contributed by atoms with Crippen molar-refractivity contribution < 1.29 is 0 Å². The number of hydrazone groups is 1. The van der Waals surface area contributed by atoms with E-state index in [1.807, 2.05) is 0 Å². The van der Waals surface area contributed by atoms with Gasteiger partial charge >= 0.3 is 0 Å². The zero-order chi connectivity index (χ0) is 12.4. The fourth-order valence-corrected chi connectivity index (χ4v) is 1.99. The smallest absolute Gasteiger partial charge is 0.184 e. The summed E-state index contributed by atoms with van der Waals surface area (Å²) in [6.07, 6.45) is 2.40. The van der Waals surface area contributed by atoms with Crippen LogP contribution in [0.25, 0.3) is 0 Å². The van der Waals surface area contributed by atoms with E-state index in [0.29, 0.717) is 5.92 Å². The van der Waals surface area contributed by atoms with Crippen molar-refractivity contribution in [2.45, 2.75) is 26.7 Å². The van der Waals surface area contributed by atoms with E-state index < -0.39 is 0 Å². The molecule has 0 radical (unpaired) electrons. The highest BCUT2D eigenvalue weighted by Gasteiger charge is 2.29. The van der Waals surface area contributed by atoms with E-state index in [1.54, 1.807) is 0 Å². The standard InChI is InChI=1S/C13H17N3S/c1-8-3-6-11(9(2)7-8)12(10-4-5-10)15-16-13(14)17/h3,6-7,10H,4-5H2,1-2H3,(H3,14,16,17)/b15-12-. The summed E-state index contributed by atoms with van der Waals surface area (Å²) in [6.45, 7) is 4.21. The fourth-order valence-electron chi connectivity index (χ4n) is 1.94. The Labute approximate surface area is 107 Å². The average molecular weight is 247 g/mol. The van der Waals surface area contributed by atoms with Gasteiger partial charge in [0.05, 0.1) is 5.71 Å². The molecule has 2 rings (SSSR count). The lowest BCUT2D eigenvalue weighted by atomic mass is 9.99. The Bertz CT molecular complexity index is 476. The first-order valence-corrected chi connectivity index (χ1v) is 6.19. The van der Waals surface area contributed by atoms with Gasteiger partial charge in [0, 0.05) is 11.5 Å². The molecular formula is C13H17N3S. The fraction of sp³-hybridized carbons (Fsp3) is 0.385. The highest BCUT2D eigenvalue weighted by Crippen LogP contribution is 2.34. The predicted octanol–water partition coefficient (Wildman–Crippen LogP) is 2.25. The first-order chi connectivity index (χ1) is 8.08. The average Bonchev–Trinajstić information content (AvgIpc) is 3.04. The minimum atomic E-state index is 0.216. The molecule has 0 atom stereocenters. The maximum Gasteiger partial charge on any atom is 0.184 e. The lowest BCUT2D eigenvalue weighted by molar-refractivity contribution is 0.996. The molecule has 3 nitrogen and oxygen atoms in total. The van der Waals surface area contributed by atoms with E-state index in [2.05, 4.69) is 42.6 Å². The van der Waals surface area contributed by atoms with Crippen LogP contribution in [0.3, 0.4) is 0 Å². The van der Waals surface area contributed by atoms with Crippen molar-refractivity contribution in [2.75, 3.05) is 0 Å². The van der Waals surface area contributed by atoms with E-state index >= 15 is 0 Å². The monoisotopic (exact) mass is 247 g/mol. The van der Waals surface area contributed by atoms with Crippen LogP contribution in [0.1, 0.15) is 29.5 Å². The summed E-state index contributed by atoms with van der Waals surface area (Å²) < 4.78 is 0. The summed E-state index contributed by atoms with van der Waals surface area (Å²) in [4.78, 5) is 0. The minimum absolute atomic E-state index is 0.216. The second kappa shape index (κ2) is 4.84. The molecule has 3 N–H and O–H groups in total. The van der Waals surface area contributed by atoms with Gasteiger partial charge in [0.1, 0.15) is 0 Å². The number of hydrogen-bond donors (Lipinski definition) is 2. The van der Waals surface area contributed by atoms with E-state index in [-0.39, 0.29) is 5.11 Å². The molecule has 0 bridgehead atoms. The Morgan fingerprint density at radius 2 is 2.12 bits per heavy atom. The van der Waals surface area contributed by atoms with Crippen LogP contribution in [0, 0.1) is 19.8 Å². The molecular weight excluding hydrogens is 230 g/mol. The van der Waals surface area contributed by atoms with Gasteiger partial charge in [-0.3, -0.25) is 5.43 Å². The van der Waals surface area contributed by atoms with Crippen LogP contribution in [-0.2, 0) is 0 Å². The first-order valence-electron chi connectivity index (χ1n) is 5.78. The summed E-state index contributed by atoms with van der Waals surface area (Å²) in [6, 6.07) is 6.41. The molecule has 0 heterocycles. The normalized spacial score (nSPS) is 15.8. The largest absolute Gasteiger partial charge is 0.375 e. The van der Waals surface area contributed by atoms with Crippen molar-refractivity contribution >= 4 is 23.0 Å². The van der Waals surface area contributed by atoms with Gasteiger partial charge in [-0.2, -0.15) is 5.10 Å². The van der Waals surface area contributed by atoms with Crippen molar-refractivity contribution in [3.05, 3.63) is 34.9 Å². The number of thiocarbonyl (C=S) groups is 1. The molecule has 90 valence electrons. The Hall–Kier alpha value is -1.42. The maximum absolute atomic E-state index is 5.41. The molecule has 0 aromatic heterocycles. The van der Waals surface area contributed by atoms with Gasteiger partial charge in [-0.15, -0.1) is 0 Å². The quantitative estimate of drug-likeness (QED) is 0.489. The van der Waals surface area contributed by atoms with Crippen LogP contribution >= 0.6 is 12.2 Å². The van der Waals surface area contributed by atoms with Gasteiger partial charge in [0.25, 0.3) is 0 Å². The van der Waals surface area contributed by atoms with Crippen molar-refractivity contribution in [2.24, 2.45) is 16.8 Å². The SMILES string of the molecule is Cc1ccc(/C(=N\NC(N)=S)C2CC2)c(C)c1. The number of benzene rings is 1. The van der Waals surface area contributed by atoms with Gasteiger partial charge in [0.2, 0.25) is 0 Å². The number of hydrogen-bond acceptors (Lipinski definition) is 2. The molecule has 4 heteroatoms. The van der Waals surface area contributed by atoms with Gasteiger partial charge in [-0.05, 0) is 44.5 Å². The van der Waals surface area contributed by atoms with Crippen molar-refractivity contribution in [1.29, 1.82) is 0 Å². The zero-order valence-corrected chi connectivity index (χ0v) is 11.0. The summed E-state index contributed by atoms with van der Waals surface area (Å²) >= 11 is 4.78. The topological polar surface area (TPSA) is 50.4 Å². The van der Waals surface area contributed by atoms with Crippen LogP contribution in [0.5, 0.6) is 0 Å². The van der Waals surface area contributed by atoms with Gasteiger partial charge < -0.3 is 5.73 Å². The Kier molecular flexibility index (Phi) is 3.43. The third kappa shape index (κ3) is 3.03. The highest BCUT2D eigenvalue weighted by molar-refractivity contribution is 7.80. The molecule has 1 saturated carbocycles. The number of nitrogens with zero attached hydrogens (tertiary/aromatic N) is 1. The Balaban J connectivity index is 2.32. The van der Waals surface area contributed by atoms with Crippen molar-refractivity contribution in [3.8, 4) is 0 Å². The molecule has 1 fully saturated rings. The zero-order valence-electron chi connectivity index (χ0n) is 10.2. The van der Waals surface area contributed by atoms with E-state index in [1.165, 1.54) is 29.5 Å². The van der Waals surface area contributed by atoms with E-state index in [0.717, 1.165) is 5.71 Å². The van der Waals surface area contributed by atoms with Gasteiger partial charge in [-0.25, -0.2) is 0 Å². The molecule has 1 aliphatic rings. The highest BCUT2D eigenvalue weighted by atomic mass is 32.1. The summed E-state index contributed by atoms with van der Waals surface area (Å²) in [7, 11) is 0. The molecule has 0 spiro atoms. The van der Waals surface area contributed by atoms with E-state index in [9.17, 15) is 0 Å². The lowest BCUT2D eigenvalue weighted by Gasteiger charge is -2.10. The van der Waals surface area contributed by atoms with E-state index in [4.69, 9.17) is 18.0 Å². The third-order valence-electron chi connectivity index (χ3n) is 2.91. The molecule has 1 aromatic carbocycles. The molecule has 0 unspecified atom stereocenters. The predicted molar refractivity (Wildman–Crippen MR) is 75.1 cm³/mol. The third-order valence-corrected chi connectivity index (χ3v) is 3.00. The Morgan fingerprint density at radius 1 is 1.41 bits per heavy atom. The van der Waals surface area contributed by atoms with Crippen LogP contribution in [0.4, 0.5) is 0 Å². The summed E-state index contributed by atoms with van der Waals surface area (Å²) in [5.41, 5.74) is 12.9. The van der Waals surface area contributed by atoms with Crippen LogP contribution in [-0.4, -0.2) is 10.8 Å². The first kappa shape index (κ1) is 12.0. The number of aryl methyl sites for hydroxylation is 2. The second-order valence-corrected chi connectivity index (χ2v) is 5.01. The van der Waals surface area contributed by atoms with Gasteiger partial charge in [-0.1, -0.05) is 23.8 Å². The van der Waals surface area contributed by atoms with Crippen LogP contribution < -0.4 is 11.2 Å². The molecule has 0 amide bonds. The van der Waals surface area contributed by atoms with Crippen LogP contribution in [0.15, 0.2) is 23.3 Å².